The Kier molecular flexibility index (Phi) is 7.45. The molecule has 0 spiro atoms. The van der Waals surface area contributed by atoms with Crippen LogP contribution in [0.4, 0.5) is 0 Å². The Morgan fingerprint density at radius 1 is 1.17 bits per heavy atom. The zero-order chi connectivity index (χ0) is 17.7. The van der Waals surface area contributed by atoms with Crippen molar-refractivity contribution >= 4 is 11.8 Å². The fraction of sp³-hybridized carbons (Fsp3) is 0.692. The van der Waals surface area contributed by atoms with E-state index < -0.39 is 47.6 Å². The molecular formula is C13H22N2O7S. The Morgan fingerprint density at radius 3 is 2.30 bits per heavy atom. The van der Waals surface area contributed by atoms with Crippen LogP contribution in [-0.4, -0.2) is 71.9 Å². The van der Waals surface area contributed by atoms with Crippen LogP contribution in [-0.2, 0) is 0 Å². The maximum absolute atomic E-state index is 11.9. The van der Waals surface area contributed by atoms with Gasteiger partial charge in [0.2, 0.25) is 0 Å². The van der Waals surface area contributed by atoms with Crippen LogP contribution in [0, 0.1) is 6.92 Å². The van der Waals surface area contributed by atoms with E-state index in [1.807, 2.05) is 0 Å². The lowest BCUT2D eigenvalue weighted by Crippen LogP contribution is -2.49. The molecule has 0 saturated carbocycles. The Balaban J connectivity index is 3.18. The standard InChI is InChI=1S/C13H22N2O7S/c1-3-23-12(10(20)9(19)8(18)7(17)5-16)15-4-6(2)11(21)14-13(15)22/h4,7-10,12,16-20H,3,5H2,1-2H3,(H,14,21,22)/t7-,8-,9-,10-,12+/m1/s1. The summed E-state index contributed by atoms with van der Waals surface area (Å²) in [6, 6.07) is 0. The summed E-state index contributed by atoms with van der Waals surface area (Å²) >= 11 is 1.11. The van der Waals surface area contributed by atoms with E-state index in [0.717, 1.165) is 16.3 Å². The minimum atomic E-state index is -1.81. The van der Waals surface area contributed by atoms with Gasteiger partial charge in [0.25, 0.3) is 5.56 Å². The van der Waals surface area contributed by atoms with Gasteiger partial charge in [0.05, 0.1) is 6.61 Å². The number of hydrogen-bond acceptors (Lipinski definition) is 8. The van der Waals surface area contributed by atoms with Crippen molar-refractivity contribution in [1.29, 1.82) is 0 Å². The van der Waals surface area contributed by atoms with E-state index in [9.17, 15) is 30.0 Å². The summed E-state index contributed by atoms with van der Waals surface area (Å²) in [6.45, 7) is 2.45. The molecule has 5 atom stereocenters. The van der Waals surface area contributed by atoms with Gasteiger partial charge in [0, 0.05) is 11.8 Å². The number of rotatable bonds is 8. The van der Waals surface area contributed by atoms with Crippen LogP contribution in [0.15, 0.2) is 15.8 Å². The number of H-pyrrole nitrogens is 1. The smallest absolute Gasteiger partial charge is 0.329 e. The van der Waals surface area contributed by atoms with Crippen molar-refractivity contribution in [2.24, 2.45) is 0 Å². The molecular weight excluding hydrogens is 328 g/mol. The van der Waals surface area contributed by atoms with E-state index in [1.54, 1.807) is 6.92 Å². The van der Waals surface area contributed by atoms with Crippen molar-refractivity contribution in [1.82, 2.24) is 9.55 Å². The van der Waals surface area contributed by atoms with Gasteiger partial charge >= 0.3 is 5.69 Å². The van der Waals surface area contributed by atoms with E-state index in [1.165, 1.54) is 13.1 Å². The zero-order valence-electron chi connectivity index (χ0n) is 12.8. The summed E-state index contributed by atoms with van der Waals surface area (Å²) in [7, 11) is 0. The number of aryl methyl sites for hydroxylation is 1. The maximum Gasteiger partial charge on any atom is 0.329 e. The summed E-state index contributed by atoms with van der Waals surface area (Å²) in [5.74, 6) is 0.470. The molecule has 0 radical (unpaired) electrons. The fourth-order valence-corrected chi connectivity index (χ4v) is 3.01. The van der Waals surface area contributed by atoms with Gasteiger partial charge in [-0.05, 0) is 12.7 Å². The molecule has 0 fully saturated rings. The van der Waals surface area contributed by atoms with E-state index in [4.69, 9.17) is 5.11 Å². The number of aliphatic hydroxyl groups excluding tert-OH is 5. The average Bonchev–Trinajstić information content (AvgIpc) is 2.53. The number of aromatic nitrogens is 2. The lowest BCUT2D eigenvalue weighted by molar-refractivity contribution is -0.118. The molecule has 9 nitrogen and oxygen atoms in total. The predicted molar refractivity (Wildman–Crippen MR) is 84.3 cm³/mol. The summed E-state index contributed by atoms with van der Waals surface area (Å²) in [5, 5.41) is 47.2. The zero-order valence-corrected chi connectivity index (χ0v) is 13.6. The largest absolute Gasteiger partial charge is 0.394 e. The monoisotopic (exact) mass is 350 g/mol. The number of nitrogens with one attached hydrogen (secondary N) is 1. The predicted octanol–water partition coefficient (Wildman–Crippen LogP) is -2.47. The molecule has 0 saturated heterocycles. The second kappa shape index (κ2) is 8.62. The van der Waals surface area contributed by atoms with Crippen LogP contribution in [0.3, 0.4) is 0 Å². The normalized spacial score (nSPS) is 18.2. The van der Waals surface area contributed by atoms with E-state index in [-0.39, 0.29) is 5.56 Å². The fourth-order valence-electron chi connectivity index (χ4n) is 2.00. The molecule has 10 heteroatoms. The summed E-state index contributed by atoms with van der Waals surface area (Å²) in [5.41, 5.74) is -1.09. The lowest BCUT2D eigenvalue weighted by Gasteiger charge is -2.31. The molecule has 6 N–H and O–H groups in total. The molecule has 132 valence electrons. The van der Waals surface area contributed by atoms with E-state index >= 15 is 0 Å². The van der Waals surface area contributed by atoms with Crippen molar-refractivity contribution in [3.63, 3.8) is 0 Å². The van der Waals surface area contributed by atoms with Gasteiger partial charge in [-0.3, -0.25) is 14.3 Å². The summed E-state index contributed by atoms with van der Waals surface area (Å²) < 4.78 is 1.05. The van der Waals surface area contributed by atoms with Crippen LogP contribution in [0.1, 0.15) is 17.9 Å². The van der Waals surface area contributed by atoms with Crippen molar-refractivity contribution in [2.75, 3.05) is 12.4 Å². The highest BCUT2D eigenvalue weighted by Crippen LogP contribution is 2.28. The number of aromatic amines is 1. The van der Waals surface area contributed by atoms with Gasteiger partial charge in [-0.25, -0.2) is 4.79 Å². The first-order chi connectivity index (χ1) is 10.7. The quantitative estimate of drug-likeness (QED) is 0.301. The van der Waals surface area contributed by atoms with Crippen molar-refractivity contribution in [3.8, 4) is 0 Å². The average molecular weight is 350 g/mol. The Morgan fingerprint density at radius 2 is 1.78 bits per heavy atom. The van der Waals surface area contributed by atoms with Gasteiger partial charge in [-0.2, -0.15) is 0 Å². The van der Waals surface area contributed by atoms with E-state index in [2.05, 4.69) is 4.98 Å². The third-order valence-electron chi connectivity index (χ3n) is 3.33. The summed E-state index contributed by atoms with van der Waals surface area (Å²) in [6.07, 6.45) is -5.62. The second-order valence-electron chi connectivity index (χ2n) is 5.05. The maximum atomic E-state index is 11.9. The molecule has 0 aliphatic carbocycles. The highest BCUT2D eigenvalue weighted by atomic mass is 32.2. The number of hydrogen-bond donors (Lipinski definition) is 6. The minimum absolute atomic E-state index is 0.240. The van der Waals surface area contributed by atoms with Crippen LogP contribution >= 0.6 is 11.8 Å². The number of nitrogens with zero attached hydrogens (tertiary/aromatic N) is 1. The first-order valence-electron chi connectivity index (χ1n) is 7.01. The van der Waals surface area contributed by atoms with Crippen LogP contribution in [0.5, 0.6) is 0 Å². The first-order valence-corrected chi connectivity index (χ1v) is 8.06. The van der Waals surface area contributed by atoms with E-state index in [0.29, 0.717) is 5.75 Å². The SMILES string of the molecule is CCS[C@@H]([C@H](O)[C@H](O)[C@H](O)[C@H](O)CO)n1cc(C)c(=O)[nH]c1=O. The van der Waals surface area contributed by atoms with Gasteiger partial charge in [-0.1, -0.05) is 6.92 Å². The molecule has 0 aliphatic heterocycles. The molecule has 0 amide bonds. The molecule has 0 aromatic carbocycles. The molecule has 1 heterocycles. The molecule has 0 unspecified atom stereocenters. The first kappa shape index (κ1) is 19.9. The topological polar surface area (TPSA) is 156 Å². The van der Waals surface area contributed by atoms with Gasteiger partial charge in [0.1, 0.15) is 29.8 Å². The molecule has 1 rings (SSSR count). The van der Waals surface area contributed by atoms with Crippen LogP contribution < -0.4 is 11.2 Å². The third kappa shape index (κ3) is 4.66. The van der Waals surface area contributed by atoms with Crippen molar-refractivity contribution in [3.05, 3.63) is 32.6 Å². The van der Waals surface area contributed by atoms with Crippen LogP contribution in [0.2, 0.25) is 0 Å². The molecule has 0 aliphatic rings. The van der Waals surface area contributed by atoms with Crippen molar-refractivity contribution in [2.45, 2.75) is 43.6 Å². The molecule has 1 aromatic heterocycles. The second-order valence-corrected chi connectivity index (χ2v) is 6.44. The summed E-state index contributed by atoms with van der Waals surface area (Å²) in [4.78, 5) is 25.5. The molecule has 0 bridgehead atoms. The highest BCUT2D eigenvalue weighted by molar-refractivity contribution is 7.99. The number of aliphatic hydroxyl groups is 5. The van der Waals surface area contributed by atoms with Gasteiger partial charge in [0.15, 0.2) is 0 Å². The van der Waals surface area contributed by atoms with Crippen molar-refractivity contribution < 1.29 is 25.5 Å². The third-order valence-corrected chi connectivity index (χ3v) is 4.51. The Bertz CT molecular complexity index is 617. The number of thioether (sulfide) groups is 1. The highest BCUT2D eigenvalue weighted by Gasteiger charge is 2.36. The van der Waals surface area contributed by atoms with Gasteiger partial charge in [-0.15, -0.1) is 11.8 Å². The Hall–Kier alpha value is -1.17. The van der Waals surface area contributed by atoms with Crippen LogP contribution in [0.25, 0.3) is 0 Å². The molecule has 23 heavy (non-hydrogen) atoms. The Labute approximate surface area is 136 Å². The van der Waals surface area contributed by atoms with Gasteiger partial charge < -0.3 is 25.5 Å². The molecule has 1 aromatic rings. The lowest BCUT2D eigenvalue weighted by atomic mass is 10.0. The minimum Gasteiger partial charge on any atom is -0.394 e.